The molecule has 0 saturated heterocycles. The van der Waals surface area contributed by atoms with Crippen LogP contribution in [0.15, 0.2) is 36.4 Å². The Kier molecular flexibility index (Phi) is 5.20. The molecule has 0 aliphatic carbocycles. The molecule has 0 radical (unpaired) electrons. The van der Waals surface area contributed by atoms with Gasteiger partial charge in [-0.05, 0) is 34.5 Å². The van der Waals surface area contributed by atoms with Gasteiger partial charge in [0.1, 0.15) is 11.7 Å². The van der Waals surface area contributed by atoms with Crippen LogP contribution in [0.5, 0.6) is 5.75 Å². The normalized spacial score (nSPS) is 12.8. The lowest BCUT2D eigenvalue weighted by molar-refractivity contribution is -0.128. The summed E-state index contributed by atoms with van der Waals surface area (Å²) in [5.41, 5.74) is 5.68. The molecule has 2 rings (SSSR count). The minimum atomic E-state index is -4.29. The molecule has 0 fully saturated rings. The van der Waals surface area contributed by atoms with Gasteiger partial charge in [0.25, 0.3) is 10.1 Å². The molecule has 0 aliphatic rings. The number of carbonyl (C=O) groups is 2. The second kappa shape index (κ2) is 6.98. The first-order valence-corrected chi connectivity index (χ1v) is 8.67. The molecule has 1 amide bonds. The predicted molar refractivity (Wildman–Crippen MR) is 88.5 cm³/mol. The monoisotopic (exact) mass is 351 g/mol. The molecule has 0 heterocycles. The Bertz CT molecular complexity index is 891. The second-order valence-electron chi connectivity index (χ2n) is 5.31. The van der Waals surface area contributed by atoms with Crippen molar-refractivity contribution in [2.45, 2.75) is 12.3 Å². The highest BCUT2D eigenvalue weighted by Gasteiger charge is 2.27. The minimum Gasteiger partial charge on any atom is -0.497 e. The van der Waals surface area contributed by atoms with Gasteiger partial charge in [0.15, 0.2) is 5.78 Å². The lowest BCUT2D eigenvalue weighted by Crippen LogP contribution is -2.29. The average Bonchev–Trinajstić information content (AvgIpc) is 2.51. The summed E-state index contributed by atoms with van der Waals surface area (Å²) in [6.45, 7) is 0. The van der Waals surface area contributed by atoms with Gasteiger partial charge in [-0.25, -0.2) is 0 Å². The lowest BCUT2D eigenvalue weighted by Gasteiger charge is -2.13. The van der Waals surface area contributed by atoms with Crippen LogP contribution in [-0.4, -0.2) is 37.5 Å². The largest absolute Gasteiger partial charge is 0.497 e. The highest BCUT2D eigenvalue weighted by molar-refractivity contribution is 7.85. The summed E-state index contributed by atoms with van der Waals surface area (Å²) in [7, 11) is -2.74. The van der Waals surface area contributed by atoms with E-state index in [9.17, 15) is 18.0 Å². The molecule has 8 heteroatoms. The van der Waals surface area contributed by atoms with E-state index >= 15 is 0 Å². The summed E-state index contributed by atoms with van der Waals surface area (Å²) in [6, 6.07) is 10.3. The highest BCUT2D eigenvalue weighted by Crippen LogP contribution is 2.26. The van der Waals surface area contributed by atoms with Gasteiger partial charge >= 0.3 is 0 Å². The van der Waals surface area contributed by atoms with Gasteiger partial charge in [0.2, 0.25) is 5.91 Å². The molecule has 0 spiro atoms. The molecule has 24 heavy (non-hydrogen) atoms. The van der Waals surface area contributed by atoms with Crippen LogP contribution in [0, 0.1) is 0 Å². The molecule has 3 N–H and O–H groups in total. The maximum absolute atomic E-state index is 12.2. The molecule has 0 aromatic heterocycles. The average molecular weight is 351 g/mol. The Hall–Kier alpha value is -2.45. The zero-order chi connectivity index (χ0) is 17.9. The molecular formula is C16H17NO6S. The van der Waals surface area contributed by atoms with E-state index in [1.165, 1.54) is 0 Å². The first kappa shape index (κ1) is 17.9. The number of primary amides is 1. The van der Waals surface area contributed by atoms with Crippen LogP contribution in [-0.2, 0) is 19.7 Å². The van der Waals surface area contributed by atoms with E-state index in [-0.39, 0.29) is 0 Å². The van der Waals surface area contributed by atoms with Crippen LogP contribution < -0.4 is 10.5 Å². The number of fused-ring (bicyclic) bond motifs is 1. The van der Waals surface area contributed by atoms with Gasteiger partial charge in [-0.15, -0.1) is 0 Å². The first-order valence-electron chi connectivity index (χ1n) is 7.06. The quantitative estimate of drug-likeness (QED) is 0.572. The van der Waals surface area contributed by atoms with E-state index in [0.29, 0.717) is 11.3 Å². The van der Waals surface area contributed by atoms with Crippen LogP contribution in [0.3, 0.4) is 0 Å². The summed E-state index contributed by atoms with van der Waals surface area (Å²) in [6.07, 6.45) is -0.493. The first-order chi connectivity index (χ1) is 11.2. The number of carbonyl (C=O) groups excluding carboxylic acids is 2. The van der Waals surface area contributed by atoms with E-state index in [0.717, 1.165) is 10.8 Å². The van der Waals surface area contributed by atoms with Gasteiger partial charge in [-0.3, -0.25) is 14.1 Å². The fourth-order valence-electron chi connectivity index (χ4n) is 2.43. The summed E-state index contributed by atoms with van der Waals surface area (Å²) < 4.78 is 35.4. The van der Waals surface area contributed by atoms with E-state index in [4.69, 9.17) is 15.0 Å². The third-order valence-corrected chi connectivity index (χ3v) is 4.34. The molecule has 0 aliphatic heterocycles. The number of Topliss-reactive ketones (excluding diaryl/α,β-unsaturated/α-hetero) is 1. The third kappa shape index (κ3) is 4.30. The Morgan fingerprint density at radius 2 is 1.79 bits per heavy atom. The number of ether oxygens (including phenoxy) is 1. The van der Waals surface area contributed by atoms with Crippen molar-refractivity contribution in [1.82, 2.24) is 0 Å². The predicted octanol–water partition coefficient (Wildman–Crippen LogP) is 1.26. The SMILES string of the molecule is COc1ccc2cc(C(C(N)=O)C(=O)CCS(=O)(=O)O)ccc2c1. The molecule has 1 atom stereocenters. The van der Waals surface area contributed by atoms with Crippen LogP contribution in [0.25, 0.3) is 10.8 Å². The molecule has 2 aromatic carbocycles. The number of methoxy groups -OCH3 is 1. The van der Waals surface area contributed by atoms with Gasteiger partial charge in [0, 0.05) is 6.42 Å². The third-order valence-electron chi connectivity index (χ3n) is 3.62. The van der Waals surface area contributed by atoms with Crippen LogP contribution in [0.1, 0.15) is 17.9 Å². The maximum Gasteiger partial charge on any atom is 0.265 e. The molecule has 0 saturated carbocycles. The van der Waals surface area contributed by atoms with Gasteiger partial charge in [0.05, 0.1) is 12.9 Å². The molecule has 7 nitrogen and oxygen atoms in total. The van der Waals surface area contributed by atoms with Crippen molar-refractivity contribution in [3.8, 4) is 5.75 Å². The number of amides is 1. The van der Waals surface area contributed by atoms with Crippen molar-refractivity contribution in [3.05, 3.63) is 42.0 Å². The fourth-order valence-corrected chi connectivity index (χ4v) is 2.89. The second-order valence-corrected chi connectivity index (χ2v) is 6.88. The van der Waals surface area contributed by atoms with Crippen molar-refractivity contribution in [3.63, 3.8) is 0 Å². The lowest BCUT2D eigenvalue weighted by atomic mass is 9.91. The van der Waals surface area contributed by atoms with E-state index in [1.807, 2.05) is 0 Å². The summed E-state index contributed by atoms with van der Waals surface area (Å²) in [5, 5.41) is 1.63. The minimum absolute atomic E-state index is 0.375. The van der Waals surface area contributed by atoms with Crippen molar-refractivity contribution in [2.75, 3.05) is 12.9 Å². The van der Waals surface area contributed by atoms with Gasteiger partial charge in [-0.1, -0.05) is 18.2 Å². The van der Waals surface area contributed by atoms with E-state index < -0.39 is 39.9 Å². The molecule has 2 aromatic rings. The Labute approximate surface area is 139 Å². The number of benzene rings is 2. The molecule has 0 bridgehead atoms. The number of hydrogen-bond acceptors (Lipinski definition) is 5. The molecule has 128 valence electrons. The Balaban J connectivity index is 2.35. The Morgan fingerprint density at radius 1 is 1.17 bits per heavy atom. The summed E-state index contributed by atoms with van der Waals surface area (Å²) in [4.78, 5) is 23.8. The van der Waals surface area contributed by atoms with Gasteiger partial charge in [-0.2, -0.15) is 8.42 Å². The van der Waals surface area contributed by atoms with Crippen LogP contribution >= 0.6 is 0 Å². The maximum atomic E-state index is 12.2. The Morgan fingerprint density at radius 3 is 2.38 bits per heavy atom. The smallest absolute Gasteiger partial charge is 0.265 e. The zero-order valence-electron chi connectivity index (χ0n) is 12.9. The van der Waals surface area contributed by atoms with E-state index in [2.05, 4.69) is 0 Å². The van der Waals surface area contributed by atoms with Crippen molar-refractivity contribution < 1.29 is 27.3 Å². The van der Waals surface area contributed by atoms with Gasteiger partial charge < -0.3 is 10.5 Å². The highest BCUT2D eigenvalue weighted by atomic mass is 32.2. The number of rotatable bonds is 7. The van der Waals surface area contributed by atoms with Crippen LogP contribution in [0.4, 0.5) is 0 Å². The molecular weight excluding hydrogens is 334 g/mol. The fraction of sp³-hybridized carbons (Fsp3) is 0.250. The van der Waals surface area contributed by atoms with Crippen molar-refractivity contribution in [1.29, 1.82) is 0 Å². The van der Waals surface area contributed by atoms with E-state index in [1.54, 1.807) is 43.5 Å². The number of ketones is 1. The van der Waals surface area contributed by atoms with Crippen molar-refractivity contribution in [2.24, 2.45) is 5.73 Å². The topological polar surface area (TPSA) is 124 Å². The van der Waals surface area contributed by atoms with Crippen molar-refractivity contribution >= 4 is 32.6 Å². The summed E-state index contributed by atoms with van der Waals surface area (Å²) in [5.74, 6) is -2.87. The number of nitrogens with two attached hydrogens (primary N) is 1. The number of hydrogen-bond donors (Lipinski definition) is 2. The molecule has 1 unspecified atom stereocenters. The standard InChI is InChI=1S/C16H17NO6S/c1-23-13-5-4-10-8-12(3-2-11(10)9-13)15(16(17)19)14(18)6-7-24(20,21)22/h2-5,8-9,15H,6-7H2,1H3,(H2,17,19)(H,20,21,22). The zero-order valence-corrected chi connectivity index (χ0v) is 13.7. The van der Waals surface area contributed by atoms with Crippen LogP contribution in [0.2, 0.25) is 0 Å². The summed E-state index contributed by atoms with van der Waals surface area (Å²) >= 11 is 0.